The van der Waals surface area contributed by atoms with Crippen LogP contribution in [0.5, 0.6) is 0 Å². The minimum Gasteiger partial charge on any atom is -0.384 e. The predicted molar refractivity (Wildman–Crippen MR) is 144 cm³/mol. The van der Waals surface area contributed by atoms with Gasteiger partial charge < -0.3 is 21.3 Å². The molecule has 2 saturated heterocycles. The molecular formula is C29H37N5O3. The van der Waals surface area contributed by atoms with Gasteiger partial charge in [-0.1, -0.05) is 13.8 Å². The molecule has 3 fully saturated rings. The summed E-state index contributed by atoms with van der Waals surface area (Å²) in [6.07, 6.45) is 7.55. The number of piperidine rings is 1. The molecule has 1 aromatic heterocycles. The van der Waals surface area contributed by atoms with Crippen molar-refractivity contribution in [1.29, 1.82) is 0 Å². The van der Waals surface area contributed by atoms with Crippen LogP contribution in [0.1, 0.15) is 89.0 Å². The Kier molecular flexibility index (Phi) is 6.92. The smallest absolute Gasteiger partial charge is 0.251 e. The van der Waals surface area contributed by atoms with Crippen molar-refractivity contribution >= 4 is 29.1 Å². The minimum absolute atomic E-state index is 0.0688. The summed E-state index contributed by atoms with van der Waals surface area (Å²) >= 11 is 0. The van der Waals surface area contributed by atoms with Gasteiger partial charge in [-0.2, -0.15) is 0 Å². The molecule has 8 nitrogen and oxygen atoms in total. The number of ketones is 1. The summed E-state index contributed by atoms with van der Waals surface area (Å²) in [5.74, 6) is 1.07. The number of nitrogens with two attached hydrogens (primary N) is 1. The van der Waals surface area contributed by atoms with Crippen LogP contribution in [0.25, 0.3) is 0 Å². The monoisotopic (exact) mass is 503 g/mol. The van der Waals surface area contributed by atoms with Crippen molar-refractivity contribution in [2.75, 3.05) is 16.8 Å². The van der Waals surface area contributed by atoms with Gasteiger partial charge in [-0.05, 0) is 81.2 Å². The Morgan fingerprint density at radius 2 is 1.76 bits per heavy atom. The predicted octanol–water partition coefficient (Wildman–Crippen LogP) is 4.08. The number of pyridine rings is 1. The van der Waals surface area contributed by atoms with Crippen molar-refractivity contribution in [1.82, 2.24) is 10.3 Å². The summed E-state index contributed by atoms with van der Waals surface area (Å²) in [5.41, 5.74) is 8.59. The molecule has 2 amide bonds. The number of nitrogens with zero attached hydrogens (tertiary/aromatic N) is 2. The molecule has 2 aliphatic heterocycles. The first kappa shape index (κ1) is 25.2. The minimum atomic E-state index is -0.510. The number of rotatable bonds is 9. The van der Waals surface area contributed by atoms with Gasteiger partial charge in [-0.15, -0.1) is 0 Å². The highest BCUT2D eigenvalue weighted by atomic mass is 16.2. The topological polar surface area (TPSA) is 117 Å². The number of aromatic nitrogens is 1. The molecule has 8 heteroatoms. The molecule has 37 heavy (non-hydrogen) atoms. The number of amides is 2. The Balaban J connectivity index is 1.26. The van der Waals surface area contributed by atoms with Gasteiger partial charge in [0.1, 0.15) is 5.82 Å². The number of hydrogen-bond acceptors (Lipinski definition) is 6. The summed E-state index contributed by atoms with van der Waals surface area (Å²) in [6.45, 7) is 6.67. The summed E-state index contributed by atoms with van der Waals surface area (Å²) in [5, 5.41) is 6.53. The molecule has 0 spiro atoms. The van der Waals surface area contributed by atoms with E-state index in [1.54, 1.807) is 18.3 Å². The van der Waals surface area contributed by atoms with Gasteiger partial charge >= 0.3 is 0 Å². The number of fused-ring (bicyclic) bond motifs is 2. The third-order valence-electron chi connectivity index (χ3n) is 7.89. The van der Waals surface area contributed by atoms with Gasteiger partial charge in [-0.25, -0.2) is 4.98 Å². The van der Waals surface area contributed by atoms with Crippen LogP contribution in [0.4, 0.5) is 11.5 Å². The molecule has 1 aromatic carbocycles. The number of primary amides is 1. The normalized spacial score (nSPS) is 22.7. The third kappa shape index (κ3) is 5.33. The second-order valence-electron chi connectivity index (χ2n) is 11.3. The van der Waals surface area contributed by atoms with E-state index in [-0.39, 0.29) is 23.7 Å². The molecule has 4 N–H and O–H groups in total. The van der Waals surface area contributed by atoms with E-state index in [2.05, 4.69) is 34.4 Å². The fraction of sp³-hybridized carbons (Fsp3) is 0.517. The number of carbonyl (C=O) groups is 3. The van der Waals surface area contributed by atoms with E-state index in [1.807, 2.05) is 19.1 Å². The largest absolute Gasteiger partial charge is 0.384 e. The van der Waals surface area contributed by atoms with Crippen LogP contribution in [0, 0.1) is 18.8 Å². The van der Waals surface area contributed by atoms with Crippen LogP contribution in [0.3, 0.4) is 0 Å². The SMILES string of the molecule is Cc1cc(C(N)=O)c(NCC(C)C)cc1C(=O)N[C@H]1C[C@H]2CC[C@@H](C1)N2c1ccc(C(=O)C2CC2)cn1. The lowest BCUT2D eigenvalue weighted by atomic mass is 9.95. The van der Waals surface area contributed by atoms with Gasteiger partial charge in [-0.3, -0.25) is 14.4 Å². The lowest BCUT2D eigenvalue weighted by Crippen LogP contribution is -2.50. The number of benzene rings is 1. The lowest BCUT2D eigenvalue weighted by molar-refractivity contribution is 0.0923. The van der Waals surface area contributed by atoms with Crippen molar-refractivity contribution in [3.63, 3.8) is 0 Å². The molecule has 0 radical (unpaired) electrons. The Morgan fingerprint density at radius 3 is 2.32 bits per heavy atom. The van der Waals surface area contributed by atoms with Crippen LogP contribution < -0.4 is 21.3 Å². The first-order valence-corrected chi connectivity index (χ1v) is 13.5. The van der Waals surface area contributed by atoms with E-state index in [0.717, 1.165) is 49.9 Å². The van der Waals surface area contributed by atoms with Crippen molar-refractivity contribution in [3.8, 4) is 0 Å². The molecule has 2 bridgehead atoms. The van der Waals surface area contributed by atoms with E-state index < -0.39 is 5.91 Å². The molecule has 2 aromatic rings. The zero-order valence-electron chi connectivity index (χ0n) is 21.9. The van der Waals surface area contributed by atoms with Gasteiger partial charge in [0, 0.05) is 53.6 Å². The molecule has 0 unspecified atom stereocenters. The summed E-state index contributed by atoms with van der Waals surface area (Å²) in [7, 11) is 0. The van der Waals surface area contributed by atoms with E-state index in [0.29, 0.717) is 46.9 Å². The quantitative estimate of drug-likeness (QED) is 0.444. The van der Waals surface area contributed by atoms with Crippen molar-refractivity contribution < 1.29 is 14.4 Å². The lowest BCUT2D eigenvalue weighted by Gasteiger charge is -2.40. The van der Waals surface area contributed by atoms with Gasteiger partial charge in [0.05, 0.1) is 5.56 Å². The Bertz CT molecular complexity index is 1190. The first-order valence-electron chi connectivity index (χ1n) is 13.5. The highest BCUT2D eigenvalue weighted by Gasteiger charge is 2.42. The molecule has 5 rings (SSSR count). The molecule has 3 heterocycles. The number of anilines is 2. The Hall–Kier alpha value is -3.42. The van der Waals surface area contributed by atoms with Crippen LogP contribution in [0.15, 0.2) is 30.5 Å². The highest BCUT2D eigenvalue weighted by Crippen LogP contribution is 2.39. The number of carbonyl (C=O) groups excluding carboxylic acids is 3. The number of Topliss-reactive ketones (excluding diaryl/α,β-unsaturated/α-hetero) is 1. The van der Waals surface area contributed by atoms with Gasteiger partial charge in [0.15, 0.2) is 5.78 Å². The second-order valence-corrected chi connectivity index (χ2v) is 11.3. The first-order chi connectivity index (χ1) is 17.7. The maximum atomic E-state index is 13.3. The molecule has 1 saturated carbocycles. The number of hydrogen-bond donors (Lipinski definition) is 3. The molecule has 3 aliphatic rings. The van der Waals surface area contributed by atoms with Crippen molar-refractivity contribution in [2.24, 2.45) is 17.6 Å². The number of nitrogens with one attached hydrogen (secondary N) is 2. The van der Waals surface area contributed by atoms with Crippen LogP contribution in [-0.2, 0) is 0 Å². The summed E-state index contributed by atoms with van der Waals surface area (Å²) in [6, 6.07) is 8.04. The summed E-state index contributed by atoms with van der Waals surface area (Å²) in [4.78, 5) is 44.7. The maximum Gasteiger partial charge on any atom is 0.251 e. The maximum absolute atomic E-state index is 13.3. The fourth-order valence-electron chi connectivity index (χ4n) is 5.81. The standard InChI is InChI=1S/C29H37N5O3/c1-16(2)14-31-25-13-23(17(3)10-24(25)28(30)36)29(37)33-20-11-21-7-8-22(12-20)34(21)26-9-6-19(15-32-26)27(35)18-4-5-18/h6,9-10,13,15-16,18,20-22,31H,4-5,7-8,11-12,14H2,1-3H3,(H2,30,36)(H,33,37)/t20-,21+,22-. The fourth-order valence-corrected chi connectivity index (χ4v) is 5.81. The van der Waals surface area contributed by atoms with Crippen molar-refractivity contribution in [2.45, 2.75) is 77.4 Å². The molecule has 3 atom stereocenters. The van der Waals surface area contributed by atoms with E-state index in [9.17, 15) is 14.4 Å². The average molecular weight is 504 g/mol. The van der Waals surface area contributed by atoms with Crippen molar-refractivity contribution in [3.05, 3.63) is 52.7 Å². The molecule has 1 aliphatic carbocycles. The van der Waals surface area contributed by atoms with E-state index in [1.165, 1.54) is 0 Å². The second kappa shape index (κ2) is 10.1. The van der Waals surface area contributed by atoms with E-state index >= 15 is 0 Å². The average Bonchev–Trinajstić information content (AvgIpc) is 3.67. The Morgan fingerprint density at radius 1 is 1.05 bits per heavy atom. The van der Waals surface area contributed by atoms with Crippen LogP contribution >= 0.6 is 0 Å². The molecule has 196 valence electrons. The zero-order chi connectivity index (χ0) is 26.3. The van der Waals surface area contributed by atoms with Crippen LogP contribution in [-0.4, -0.2) is 47.3 Å². The third-order valence-corrected chi connectivity index (χ3v) is 7.89. The number of aryl methyl sites for hydroxylation is 1. The van der Waals surface area contributed by atoms with Crippen LogP contribution in [0.2, 0.25) is 0 Å². The Labute approximate surface area is 218 Å². The summed E-state index contributed by atoms with van der Waals surface area (Å²) < 4.78 is 0. The van der Waals surface area contributed by atoms with Gasteiger partial charge in [0.2, 0.25) is 0 Å². The van der Waals surface area contributed by atoms with Gasteiger partial charge in [0.25, 0.3) is 11.8 Å². The highest BCUT2D eigenvalue weighted by molar-refractivity contribution is 6.03. The molecular weight excluding hydrogens is 466 g/mol. The zero-order valence-corrected chi connectivity index (χ0v) is 21.9. The van der Waals surface area contributed by atoms with E-state index in [4.69, 9.17) is 5.73 Å².